The van der Waals surface area contributed by atoms with Gasteiger partial charge in [0.25, 0.3) is 0 Å². The fourth-order valence-corrected chi connectivity index (χ4v) is 3.85. The Morgan fingerprint density at radius 3 is 1.89 bits per heavy atom. The van der Waals surface area contributed by atoms with Crippen molar-refractivity contribution in [2.75, 3.05) is 5.32 Å². The molecule has 1 atom stereocenters. The Hall–Kier alpha value is -5.19. The van der Waals surface area contributed by atoms with E-state index in [1.54, 1.807) is 96.1 Å². The highest BCUT2D eigenvalue weighted by molar-refractivity contribution is 6.06. The Morgan fingerprint density at radius 2 is 1.31 bits per heavy atom. The van der Waals surface area contributed by atoms with Crippen molar-refractivity contribution in [3.05, 3.63) is 102 Å². The van der Waals surface area contributed by atoms with Gasteiger partial charge in [-0.25, -0.2) is 9.59 Å². The standard InChI is InChI=1S/C34H40N4O7/c1-33(2,3)44-31(41)37-30(38-32(42)45-34(4,5)6)36-26-19-17-23(18-20-26)21-35-28(39)27(25-15-11-8-12-16-25)29(40)43-22-24-13-9-7-10-14-24/h7-20,27H,21-22H2,1-6H3,(H,35,39)(H2,36,37,38,41,42). The minimum Gasteiger partial charge on any atom is -0.460 e. The van der Waals surface area contributed by atoms with E-state index >= 15 is 0 Å². The summed E-state index contributed by atoms with van der Waals surface area (Å²) in [4.78, 5) is 54.8. The lowest BCUT2D eigenvalue weighted by Crippen LogP contribution is -2.40. The molecule has 0 aliphatic heterocycles. The van der Waals surface area contributed by atoms with Gasteiger partial charge < -0.3 is 24.8 Å². The van der Waals surface area contributed by atoms with Crippen molar-refractivity contribution < 1.29 is 33.4 Å². The maximum atomic E-state index is 13.2. The monoisotopic (exact) mass is 616 g/mol. The zero-order chi connectivity index (χ0) is 33.0. The molecule has 3 rings (SSSR count). The van der Waals surface area contributed by atoms with Gasteiger partial charge in [-0.05, 0) is 70.4 Å². The van der Waals surface area contributed by atoms with Crippen LogP contribution < -0.4 is 16.0 Å². The van der Waals surface area contributed by atoms with Crippen LogP contribution >= 0.6 is 0 Å². The number of hydrogen-bond acceptors (Lipinski definition) is 7. The van der Waals surface area contributed by atoms with E-state index < -0.39 is 41.2 Å². The number of ether oxygens (including phenoxy) is 3. The highest BCUT2D eigenvalue weighted by Gasteiger charge is 2.30. The maximum absolute atomic E-state index is 13.2. The second kappa shape index (κ2) is 15.5. The van der Waals surface area contributed by atoms with Crippen LogP contribution in [0.1, 0.15) is 64.2 Å². The molecule has 0 saturated heterocycles. The lowest BCUT2D eigenvalue weighted by Gasteiger charge is -2.21. The smallest absolute Gasteiger partial charge is 0.437 e. The number of esters is 1. The molecule has 0 bridgehead atoms. The van der Waals surface area contributed by atoms with Gasteiger partial charge in [-0.3, -0.25) is 14.9 Å². The summed E-state index contributed by atoms with van der Waals surface area (Å²) in [6.45, 7) is 10.4. The Kier molecular flexibility index (Phi) is 11.8. The van der Waals surface area contributed by atoms with E-state index in [0.717, 1.165) is 11.1 Å². The molecule has 0 aliphatic rings. The largest absolute Gasteiger partial charge is 0.460 e. The van der Waals surface area contributed by atoms with E-state index in [1.165, 1.54) is 0 Å². The number of aliphatic imine (C=N–C) groups is 1. The molecule has 0 aromatic heterocycles. The second-order valence-corrected chi connectivity index (χ2v) is 12.0. The highest BCUT2D eigenvalue weighted by Crippen LogP contribution is 2.20. The first-order valence-corrected chi connectivity index (χ1v) is 14.4. The lowest BCUT2D eigenvalue weighted by molar-refractivity contribution is -0.150. The summed E-state index contributed by atoms with van der Waals surface area (Å²) in [5.74, 6) is -2.51. The number of anilines is 1. The number of alkyl carbamates (subject to hydrolysis) is 1. The first-order chi connectivity index (χ1) is 21.2. The molecule has 1 unspecified atom stereocenters. The number of benzene rings is 3. The molecule has 3 aromatic rings. The number of hydrogen-bond donors (Lipinski definition) is 3. The minimum atomic E-state index is -1.15. The van der Waals surface area contributed by atoms with Crippen LogP contribution in [0.2, 0.25) is 0 Å². The predicted octanol–water partition coefficient (Wildman–Crippen LogP) is 6.06. The number of guanidine groups is 1. The summed E-state index contributed by atoms with van der Waals surface area (Å²) in [6.07, 6.45) is -1.72. The Labute approximate surface area is 263 Å². The molecule has 3 aromatic carbocycles. The van der Waals surface area contributed by atoms with Crippen LogP contribution in [0.15, 0.2) is 89.9 Å². The average Bonchev–Trinajstić information content (AvgIpc) is 2.95. The Balaban J connectivity index is 1.68. The highest BCUT2D eigenvalue weighted by atomic mass is 16.6. The molecule has 0 aliphatic carbocycles. The van der Waals surface area contributed by atoms with E-state index in [0.29, 0.717) is 11.3 Å². The van der Waals surface area contributed by atoms with Gasteiger partial charge in [-0.1, -0.05) is 72.8 Å². The van der Waals surface area contributed by atoms with Gasteiger partial charge in [0, 0.05) is 12.2 Å². The third-order valence-electron chi connectivity index (χ3n) is 5.75. The number of amides is 3. The van der Waals surface area contributed by atoms with Gasteiger partial charge in [0.15, 0.2) is 5.92 Å². The second-order valence-electron chi connectivity index (χ2n) is 12.0. The van der Waals surface area contributed by atoms with Crippen molar-refractivity contribution in [3.8, 4) is 0 Å². The number of rotatable bonds is 8. The molecule has 45 heavy (non-hydrogen) atoms. The summed E-state index contributed by atoms with van der Waals surface area (Å²) in [5, 5.41) is 8.12. The number of carbonyl (C=O) groups is 4. The summed E-state index contributed by atoms with van der Waals surface area (Å²) >= 11 is 0. The predicted molar refractivity (Wildman–Crippen MR) is 170 cm³/mol. The molecule has 3 N–H and O–H groups in total. The van der Waals surface area contributed by atoms with Gasteiger partial charge in [0.05, 0.1) is 0 Å². The minimum absolute atomic E-state index is 0.0484. The molecule has 0 fully saturated rings. The Morgan fingerprint density at radius 1 is 0.733 bits per heavy atom. The molecule has 11 nitrogen and oxygen atoms in total. The summed E-state index contributed by atoms with van der Waals surface area (Å²) in [7, 11) is 0. The van der Waals surface area contributed by atoms with E-state index in [1.807, 2.05) is 30.3 Å². The topological polar surface area (TPSA) is 144 Å². The van der Waals surface area contributed by atoms with Crippen LogP contribution in [-0.4, -0.2) is 41.2 Å². The van der Waals surface area contributed by atoms with Crippen LogP contribution in [0.3, 0.4) is 0 Å². The van der Waals surface area contributed by atoms with Crippen molar-refractivity contribution >= 4 is 35.7 Å². The average molecular weight is 617 g/mol. The van der Waals surface area contributed by atoms with Gasteiger partial charge in [0.2, 0.25) is 11.9 Å². The summed E-state index contributed by atoms with van der Waals surface area (Å²) in [6, 6.07) is 24.7. The molecule has 238 valence electrons. The number of carbonyl (C=O) groups excluding carboxylic acids is 4. The molecule has 0 radical (unpaired) electrons. The summed E-state index contributed by atoms with van der Waals surface area (Å²) < 4.78 is 16.0. The van der Waals surface area contributed by atoms with Crippen LogP contribution in [0.4, 0.5) is 15.3 Å². The molecule has 0 heterocycles. The van der Waals surface area contributed by atoms with E-state index in [2.05, 4.69) is 20.9 Å². The number of nitrogens with zero attached hydrogens (tertiary/aromatic N) is 1. The molecule has 0 saturated carbocycles. The number of nitrogens with one attached hydrogen (secondary N) is 3. The van der Waals surface area contributed by atoms with Gasteiger partial charge >= 0.3 is 18.2 Å². The third-order valence-corrected chi connectivity index (χ3v) is 5.75. The lowest BCUT2D eigenvalue weighted by atomic mass is 9.98. The third kappa shape index (κ3) is 12.5. The normalized spacial score (nSPS) is 12.4. The van der Waals surface area contributed by atoms with Gasteiger partial charge in [0.1, 0.15) is 17.8 Å². The maximum Gasteiger partial charge on any atom is 0.437 e. The van der Waals surface area contributed by atoms with Gasteiger partial charge in [-0.2, -0.15) is 0 Å². The van der Waals surface area contributed by atoms with Crippen LogP contribution in [0.5, 0.6) is 0 Å². The van der Waals surface area contributed by atoms with E-state index in [4.69, 9.17) is 14.2 Å². The van der Waals surface area contributed by atoms with E-state index in [9.17, 15) is 19.2 Å². The zero-order valence-corrected chi connectivity index (χ0v) is 26.4. The van der Waals surface area contributed by atoms with Crippen molar-refractivity contribution in [3.63, 3.8) is 0 Å². The molecular weight excluding hydrogens is 576 g/mol. The van der Waals surface area contributed by atoms with Crippen molar-refractivity contribution in [2.24, 2.45) is 4.99 Å². The van der Waals surface area contributed by atoms with Crippen molar-refractivity contribution in [2.45, 2.75) is 71.8 Å². The van der Waals surface area contributed by atoms with Crippen molar-refractivity contribution in [1.82, 2.24) is 10.6 Å². The Bertz CT molecular complexity index is 1480. The fourth-order valence-electron chi connectivity index (χ4n) is 3.85. The molecule has 3 amide bonds. The van der Waals surface area contributed by atoms with Crippen LogP contribution in [0, 0.1) is 0 Å². The first kappa shape index (κ1) is 34.3. The molecule has 11 heteroatoms. The molecular formula is C34H40N4O7. The van der Waals surface area contributed by atoms with Crippen molar-refractivity contribution in [1.29, 1.82) is 0 Å². The van der Waals surface area contributed by atoms with E-state index in [-0.39, 0.29) is 19.1 Å². The molecule has 0 spiro atoms. The van der Waals surface area contributed by atoms with Gasteiger partial charge in [-0.15, -0.1) is 4.99 Å². The fraction of sp³-hybridized carbons (Fsp3) is 0.324. The SMILES string of the molecule is CC(C)(C)OC(=O)N=C(NC(=O)OC(C)(C)C)Nc1ccc(CNC(=O)C(C(=O)OCc2ccccc2)c2ccccc2)cc1. The summed E-state index contributed by atoms with van der Waals surface area (Å²) in [5.41, 5.74) is 0.973. The quantitative estimate of drug-likeness (QED) is 0.0911. The van der Waals surface area contributed by atoms with Crippen LogP contribution in [-0.2, 0) is 37.0 Å². The zero-order valence-electron chi connectivity index (χ0n) is 26.4. The first-order valence-electron chi connectivity index (χ1n) is 14.4. The van der Waals surface area contributed by atoms with Crippen LogP contribution in [0.25, 0.3) is 0 Å².